The summed E-state index contributed by atoms with van der Waals surface area (Å²) in [5.74, 6) is 0. The Labute approximate surface area is 94.4 Å². The Kier molecular flexibility index (Phi) is 5.85. The first-order chi connectivity index (χ1) is 7.41. The predicted molar refractivity (Wildman–Crippen MR) is 55.7 cm³/mol. The van der Waals surface area contributed by atoms with Crippen LogP contribution in [0.3, 0.4) is 0 Å². The molecule has 0 heterocycles. The van der Waals surface area contributed by atoms with Crippen molar-refractivity contribution in [1.29, 1.82) is 5.26 Å². The third-order valence-electron chi connectivity index (χ3n) is 2.16. The second-order valence-electron chi connectivity index (χ2n) is 3.43. The third kappa shape index (κ3) is 3.40. The second kappa shape index (κ2) is 6.12. The van der Waals surface area contributed by atoms with Gasteiger partial charge in [0.25, 0.3) is 0 Å². The fourth-order valence-corrected chi connectivity index (χ4v) is 2.52. The number of rotatable bonds is 7. The molecular formula is C8H16N2O5S. The van der Waals surface area contributed by atoms with Crippen LogP contribution in [0.1, 0.15) is 13.3 Å². The highest BCUT2D eigenvalue weighted by Crippen LogP contribution is 2.10. The predicted octanol–water partition coefficient (Wildman–Crippen LogP) is -2.08. The van der Waals surface area contributed by atoms with Crippen LogP contribution in [-0.2, 0) is 10.0 Å². The van der Waals surface area contributed by atoms with Gasteiger partial charge in [-0.1, -0.05) is 6.92 Å². The molecule has 0 bridgehead atoms. The first kappa shape index (κ1) is 15.3. The molecule has 0 spiro atoms. The van der Waals surface area contributed by atoms with Crippen LogP contribution in [-0.4, -0.2) is 54.3 Å². The Bertz CT molecular complexity index is 336. The van der Waals surface area contributed by atoms with Crippen molar-refractivity contribution in [2.24, 2.45) is 0 Å². The van der Waals surface area contributed by atoms with Crippen LogP contribution in [0, 0.1) is 11.3 Å². The van der Waals surface area contributed by atoms with E-state index in [-0.39, 0.29) is 6.42 Å². The molecule has 0 aliphatic heterocycles. The highest BCUT2D eigenvalue weighted by atomic mass is 32.2. The van der Waals surface area contributed by atoms with Crippen LogP contribution in [0.5, 0.6) is 0 Å². The number of hydrogen-bond donors (Lipinski definition) is 4. The molecule has 0 saturated carbocycles. The first-order valence-corrected chi connectivity index (χ1v) is 6.21. The average molecular weight is 252 g/mol. The number of sulfonamides is 1. The Hall–Kier alpha value is -0.720. The number of aliphatic hydroxyl groups is 3. The molecule has 0 amide bonds. The molecule has 0 rings (SSSR count). The van der Waals surface area contributed by atoms with Gasteiger partial charge in [0.05, 0.1) is 25.9 Å². The molecule has 1 unspecified atom stereocenters. The van der Waals surface area contributed by atoms with Gasteiger partial charge in [-0.15, -0.1) is 0 Å². The molecule has 0 radical (unpaired) electrons. The summed E-state index contributed by atoms with van der Waals surface area (Å²) < 4.78 is 25.2. The lowest BCUT2D eigenvalue weighted by Crippen LogP contribution is -2.58. The minimum absolute atomic E-state index is 0.0736. The van der Waals surface area contributed by atoms with Gasteiger partial charge in [-0.25, -0.2) is 13.1 Å². The van der Waals surface area contributed by atoms with Crippen molar-refractivity contribution in [1.82, 2.24) is 4.72 Å². The molecule has 16 heavy (non-hydrogen) atoms. The minimum atomic E-state index is -4.01. The van der Waals surface area contributed by atoms with Gasteiger partial charge in [0.1, 0.15) is 5.54 Å². The van der Waals surface area contributed by atoms with Gasteiger partial charge in [0, 0.05) is 0 Å². The van der Waals surface area contributed by atoms with E-state index in [0.717, 1.165) is 0 Å². The lowest BCUT2D eigenvalue weighted by atomic mass is 10.1. The van der Waals surface area contributed by atoms with E-state index < -0.39 is 40.6 Å². The van der Waals surface area contributed by atoms with Crippen molar-refractivity contribution in [2.45, 2.75) is 24.1 Å². The smallest absolute Gasteiger partial charge is 0.228 e. The highest BCUT2D eigenvalue weighted by molar-refractivity contribution is 7.90. The molecular weight excluding hydrogens is 236 g/mol. The Morgan fingerprint density at radius 2 is 1.75 bits per heavy atom. The molecule has 8 heteroatoms. The highest BCUT2D eigenvalue weighted by Gasteiger charge is 2.36. The molecule has 0 saturated heterocycles. The van der Waals surface area contributed by atoms with Crippen molar-refractivity contribution in [3.63, 3.8) is 0 Å². The number of nitrogens with zero attached hydrogens (tertiary/aromatic N) is 1. The van der Waals surface area contributed by atoms with Gasteiger partial charge in [0.15, 0.2) is 5.25 Å². The van der Waals surface area contributed by atoms with Crippen LogP contribution in [0.2, 0.25) is 0 Å². The lowest BCUT2D eigenvalue weighted by Gasteiger charge is -2.29. The average Bonchev–Trinajstić information content (AvgIpc) is 2.27. The summed E-state index contributed by atoms with van der Waals surface area (Å²) in [5, 5.41) is 34.2. The Balaban J connectivity index is 5.02. The van der Waals surface area contributed by atoms with Crippen molar-refractivity contribution >= 4 is 10.0 Å². The zero-order valence-corrected chi connectivity index (χ0v) is 9.74. The summed E-state index contributed by atoms with van der Waals surface area (Å²) in [6, 6.07) is 1.59. The minimum Gasteiger partial charge on any atom is -0.394 e. The molecule has 0 aromatic rings. The summed E-state index contributed by atoms with van der Waals surface area (Å²) in [5.41, 5.74) is -1.73. The van der Waals surface area contributed by atoms with Gasteiger partial charge >= 0.3 is 0 Å². The van der Waals surface area contributed by atoms with Crippen LogP contribution >= 0.6 is 0 Å². The molecule has 0 aromatic carbocycles. The SMILES string of the molecule is CCC(C#N)S(=O)(=O)NC(CO)(CO)CO. The summed E-state index contributed by atoms with van der Waals surface area (Å²) in [7, 11) is -4.01. The molecule has 94 valence electrons. The number of nitriles is 1. The van der Waals surface area contributed by atoms with E-state index in [9.17, 15) is 8.42 Å². The zero-order valence-electron chi connectivity index (χ0n) is 8.92. The maximum Gasteiger partial charge on any atom is 0.228 e. The van der Waals surface area contributed by atoms with E-state index in [1.165, 1.54) is 6.92 Å². The number of aliphatic hydroxyl groups excluding tert-OH is 3. The van der Waals surface area contributed by atoms with Crippen molar-refractivity contribution in [3.05, 3.63) is 0 Å². The maximum absolute atomic E-state index is 11.6. The molecule has 0 fully saturated rings. The van der Waals surface area contributed by atoms with E-state index in [0.29, 0.717) is 0 Å². The van der Waals surface area contributed by atoms with E-state index in [1.54, 1.807) is 6.07 Å². The fraction of sp³-hybridized carbons (Fsp3) is 0.875. The zero-order chi connectivity index (χ0) is 12.8. The normalized spacial score (nSPS) is 14.4. The maximum atomic E-state index is 11.6. The largest absolute Gasteiger partial charge is 0.394 e. The topological polar surface area (TPSA) is 131 Å². The van der Waals surface area contributed by atoms with Crippen LogP contribution in [0.15, 0.2) is 0 Å². The summed E-state index contributed by atoms with van der Waals surface area (Å²) in [6.07, 6.45) is 0.0736. The molecule has 1 atom stereocenters. The van der Waals surface area contributed by atoms with Crippen LogP contribution < -0.4 is 4.72 Å². The summed E-state index contributed by atoms with van der Waals surface area (Å²) in [6.45, 7) is -0.769. The third-order valence-corrected chi connectivity index (χ3v) is 4.06. The van der Waals surface area contributed by atoms with Gasteiger partial charge in [-0.05, 0) is 6.42 Å². The van der Waals surface area contributed by atoms with E-state index in [4.69, 9.17) is 20.6 Å². The molecule has 0 aromatic heterocycles. The standard InChI is InChI=1S/C8H16N2O5S/c1-2-7(3-9)16(14,15)10-8(4-11,5-12)6-13/h7,10-13H,2,4-6H2,1H3. The van der Waals surface area contributed by atoms with Gasteiger partial charge in [-0.2, -0.15) is 5.26 Å². The van der Waals surface area contributed by atoms with Gasteiger partial charge in [-0.3, -0.25) is 0 Å². The molecule has 4 N–H and O–H groups in total. The van der Waals surface area contributed by atoms with E-state index in [2.05, 4.69) is 0 Å². The van der Waals surface area contributed by atoms with E-state index >= 15 is 0 Å². The number of hydrogen-bond acceptors (Lipinski definition) is 6. The van der Waals surface area contributed by atoms with E-state index in [1.807, 2.05) is 4.72 Å². The van der Waals surface area contributed by atoms with Crippen LogP contribution in [0.4, 0.5) is 0 Å². The second-order valence-corrected chi connectivity index (χ2v) is 5.29. The summed E-state index contributed by atoms with van der Waals surface area (Å²) in [4.78, 5) is 0. The first-order valence-electron chi connectivity index (χ1n) is 4.66. The van der Waals surface area contributed by atoms with Crippen molar-refractivity contribution in [2.75, 3.05) is 19.8 Å². The Morgan fingerprint density at radius 1 is 1.31 bits per heavy atom. The Morgan fingerprint density at radius 3 is 2.00 bits per heavy atom. The lowest BCUT2D eigenvalue weighted by molar-refractivity contribution is 0.0581. The van der Waals surface area contributed by atoms with Crippen molar-refractivity contribution < 1.29 is 23.7 Å². The fourth-order valence-electron chi connectivity index (χ4n) is 1.000. The van der Waals surface area contributed by atoms with Gasteiger partial charge < -0.3 is 15.3 Å². The molecule has 0 aliphatic rings. The number of nitrogens with one attached hydrogen (secondary N) is 1. The van der Waals surface area contributed by atoms with Crippen molar-refractivity contribution in [3.8, 4) is 6.07 Å². The van der Waals surface area contributed by atoms with Crippen LogP contribution in [0.25, 0.3) is 0 Å². The monoisotopic (exact) mass is 252 g/mol. The molecule has 0 aliphatic carbocycles. The quantitative estimate of drug-likeness (QED) is 0.411. The summed E-state index contributed by atoms with van der Waals surface area (Å²) >= 11 is 0. The molecule has 7 nitrogen and oxygen atoms in total. The van der Waals surface area contributed by atoms with Gasteiger partial charge in [0.2, 0.25) is 10.0 Å².